The summed E-state index contributed by atoms with van der Waals surface area (Å²) >= 11 is 0. The van der Waals surface area contributed by atoms with Crippen molar-refractivity contribution in [2.75, 3.05) is 25.0 Å². The Morgan fingerprint density at radius 2 is 1.52 bits per heavy atom. The minimum Gasteiger partial charge on any atom is -0.458 e. The third-order valence-corrected chi connectivity index (χ3v) is 7.14. The number of rotatable bonds is 13. The van der Waals surface area contributed by atoms with Crippen molar-refractivity contribution in [3.63, 3.8) is 0 Å². The lowest BCUT2D eigenvalue weighted by atomic mass is 9.98. The van der Waals surface area contributed by atoms with Gasteiger partial charge in [-0.1, -0.05) is 48.5 Å². The van der Waals surface area contributed by atoms with Crippen molar-refractivity contribution >= 4 is 35.0 Å². The van der Waals surface area contributed by atoms with Gasteiger partial charge in [-0.3, -0.25) is 25.0 Å². The van der Waals surface area contributed by atoms with Gasteiger partial charge in [-0.15, -0.1) is 0 Å². The van der Waals surface area contributed by atoms with Gasteiger partial charge < -0.3 is 25.4 Å². The van der Waals surface area contributed by atoms with E-state index < -0.39 is 50.8 Å². The number of hydrogen-bond donors (Lipinski definition) is 3. The molecule has 46 heavy (non-hydrogen) atoms. The van der Waals surface area contributed by atoms with Crippen LogP contribution in [0.5, 0.6) is 0 Å². The lowest BCUT2D eigenvalue weighted by Gasteiger charge is -2.24. The fourth-order valence-corrected chi connectivity index (χ4v) is 5.10. The highest BCUT2D eigenvalue weighted by Crippen LogP contribution is 2.44. The molecule has 2 amide bonds. The molecule has 0 unspecified atom stereocenters. The van der Waals surface area contributed by atoms with Crippen molar-refractivity contribution in [2.24, 2.45) is 0 Å². The summed E-state index contributed by atoms with van der Waals surface area (Å²) in [5.74, 6) is -1.34. The van der Waals surface area contributed by atoms with E-state index >= 15 is 0 Å². The molecule has 0 aliphatic heterocycles. The maximum absolute atomic E-state index is 12.9. The van der Waals surface area contributed by atoms with Gasteiger partial charge in [0.05, 0.1) is 15.9 Å². The highest BCUT2D eigenvalue weighted by Gasteiger charge is 2.31. The van der Waals surface area contributed by atoms with E-state index in [0.29, 0.717) is 0 Å². The van der Waals surface area contributed by atoms with Gasteiger partial charge in [-0.25, -0.2) is 9.59 Å². The molecule has 3 N–H and O–H groups in total. The first-order valence-corrected chi connectivity index (χ1v) is 14.6. The molecule has 0 bridgehead atoms. The number of esters is 1. The number of alkyl carbamates (subject to hydrolysis) is 1. The molecule has 0 aromatic heterocycles. The number of carbonyl (C=O) groups is 3. The normalized spacial score (nSPS) is 12.7. The Kier molecular flexibility index (Phi) is 10.5. The van der Waals surface area contributed by atoms with Gasteiger partial charge in [0.25, 0.3) is 11.4 Å². The first-order chi connectivity index (χ1) is 21.8. The smallest absolute Gasteiger partial charge is 0.407 e. The van der Waals surface area contributed by atoms with Gasteiger partial charge in [0.1, 0.15) is 23.9 Å². The Morgan fingerprint density at radius 3 is 2.11 bits per heavy atom. The van der Waals surface area contributed by atoms with Gasteiger partial charge in [0, 0.05) is 31.5 Å². The van der Waals surface area contributed by atoms with Crippen LogP contribution < -0.4 is 16.0 Å². The van der Waals surface area contributed by atoms with E-state index in [-0.39, 0.29) is 44.1 Å². The molecule has 242 valence electrons. The topological polar surface area (TPSA) is 192 Å². The first kappa shape index (κ1) is 33.4. The molecule has 0 spiro atoms. The molecule has 14 heteroatoms. The minimum absolute atomic E-state index is 0.0430. The maximum atomic E-state index is 12.9. The van der Waals surface area contributed by atoms with Crippen LogP contribution in [0.15, 0.2) is 66.7 Å². The minimum atomic E-state index is -1.17. The average molecular weight is 634 g/mol. The number of amides is 2. The number of carbonyl (C=O) groups excluding carboxylic acids is 3. The lowest BCUT2D eigenvalue weighted by molar-refractivity contribution is -0.393. The molecule has 1 aliphatic rings. The zero-order valence-corrected chi connectivity index (χ0v) is 25.6. The van der Waals surface area contributed by atoms with E-state index in [1.807, 2.05) is 48.5 Å². The van der Waals surface area contributed by atoms with Crippen LogP contribution in [0, 0.1) is 20.2 Å². The number of fused-ring (bicyclic) bond motifs is 3. The zero-order valence-electron chi connectivity index (χ0n) is 25.6. The van der Waals surface area contributed by atoms with Crippen LogP contribution in [-0.4, -0.2) is 59.2 Å². The second-order valence-electron chi connectivity index (χ2n) is 11.6. The molecule has 0 saturated carbocycles. The summed E-state index contributed by atoms with van der Waals surface area (Å²) in [6.45, 7) is 5.24. The fraction of sp³-hybridized carbons (Fsp3) is 0.344. The Balaban J connectivity index is 1.30. The van der Waals surface area contributed by atoms with Crippen LogP contribution >= 0.6 is 0 Å². The maximum Gasteiger partial charge on any atom is 0.407 e. The summed E-state index contributed by atoms with van der Waals surface area (Å²) < 4.78 is 11.0. The average Bonchev–Trinajstić information content (AvgIpc) is 3.32. The third kappa shape index (κ3) is 8.55. The van der Waals surface area contributed by atoms with Gasteiger partial charge in [0.2, 0.25) is 5.91 Å². The van der Waals surface area contributed by atoms with Crippen molar-refractivity contribution in [2.45, 2.75) is 51.2 Å². The highest BCUT2D eigenvalue weighted by molar-refractivity contribution is 5.83. The monoisotopic (exact) mass is 633 g/mol. The number of benzene rings is 3. The molecule has 4 rings (SSSR count). The summed E-state index contributed by atoms with van der Waals surface area (Å²) in [6, 6.07) is 17.8. The van der Waals surface area contributed by atoms with Crippen LogP contribution in [0.3, 0.4) is 0 Å². The molecule has 0 heterocycles. The van der Waals surface area contributed by atoms with E-state index in [9.17, 15) is 34.6 Å². The van der Waals surface area contributed by atoms with E-state index in [1.54, 1.807) is 20.8 Å². The Bertz CT molecular complexity index is 1590. The van der Waals surface area contributed by atoms with E-state index in [2.05, 4.69) is 16.0 Å². The SMILES string of the molecule is CC(C)(C)OC(=O)[C@H](CCC(=O)NCCNc1ccc([N+](=O)[O-])cc1[N+](=O)[O-])NC(=O)OCC1c2ccccc2-c2ccccc21. The number of nitro benzene ring substituents is 2. The number of ether oxygens (including phenoxy) is 2. The van der Waals surface area contributed by atoms with Gasteiger partial charge in [0.15, 0.2) is 0 Å². The Labute approximate surface area is 264 Å². The number of nitrogens with zero attached hydrogens (tertiary/aromatic N) is 2. The second kappa shape index (κ2) is 14.5. The molecule has 0 radical (unpaired) electrons. The second-order valence-corrected chi connectivity index (χ2v) is 11.6. The van der Waals surface area contributed by atoms with Gasteiger partial charge in [-0.2, -0.15) is 0 Å². The van der Waals surface area contributed by atoms with Crippen LogP contribution in [0.1, 0.15) is 50.7 Å². The Morgan fingerprint density at radius 1 is 0.891 bits per heavy atom. The van der Waals surface area contributed by atoms with E-state index in [0.717, 1.165) is 34.4 Å². The summed E-state index contributed by atoms with van der Waals surface area (Å²) in [5.41, 5.74) is 2.55. The van der Waals surface area contributed by atoms with Gasteiger partial charge >= 0.3 is 12.1 Å². The van der Waals surface area contributed by atoms with Crippen molar-refractivity contribution in [1.82, 2.24) is 10.6 Å². The van der Waals surface area contributed by atoms with Crippen LogP contribution in [-0.2, 0) is 19.1 Å². The number of anilines is 1. The number of nitrogens with one attached hydrogen (secondary N) is 3. The summed E-state index contributed by atoms with van der Waals surface area (Å²) in [7, 11) is 0. The van der Waals surface area contributed by atoms with Crippen LogP contribution in [0.2, 0.25) is 0 Å². The predicted molar refractivity (Wildman–Crippen MR) is 168 cm³/mol. The van der Waals surface area contributed by atoms with Crippen molar-refractivity contribution < 1.29 is 33.7 Å². The van der Waals surface area contributed by atoms with E-state index in [1.165, 1.54) is 6.07 Å². The number of hydrogen-bond acceptors (Lipinski definition) is 10. The molecule has 1 aliphatic carbocycles. The molecule has 0 fully saturated rings. The van der Waals surface area contributed by atoms with Crippen LogP contribution in [0.4, 0.5) is 21.9 Å². The molecule has 3 aromatic carbocycles. The molecule has 3 aromatic rings. The van der Waals surface area contributed by atoms with Crippen molar-refractivity contribution in [3.8, 4) is 11.1 Å². The van der Waals surface area contributed by atoms with E-state index in [4.69, 9.17) is 9.47 Å². The first-order valence-electron chi connectivity index (χ1n) is 14.6. The third-order valence-electron chi connectivity index (χ3n) is 7.14. The standard InChI is InChI=1S/C32H35N5O9/c1-32(2,3)46-30(39)27(14-15-29(38)34-17-16-33-26-13-12-20(36(41)42)18-28(26)37(43)44)35-31(40)45-19-25-23-10-6-4-8-21(23)22-9-5-7-11-24(22)25/h4-13,18,25,27,33H,14-17,19H2,1-3H3,(H,34,38)(H,35,40)/t27-/m0/s1. The summed E-state index contributed by atoms with van der Waals surface area (Å²) in [5, 5.41) is 30.2. The predicted octanol–water partition coefficient (Wildman–Crippen LogP) is 5.06. The Hall–Kier alpha value is -5.53. The molecule has 1 atom stereocenters. The molecular formula is C32H35N5O9. The molecular weight excluding hydrogens is 598 g/mol. The highest BCUT2D eigenvalue weighted by atomic mass is 16.6. The zero-order chi connectivity index (χ0) is 33.4. The van der Waals surface area contributed by atoms with Gasteiger partial charge in [-0.05, 0) is 55.5 Å². The van der Waals surface area contributed by atoms with Crippen molar-refractivity contribution in [1.29, 1.82) is 0 Å². The lowest BCUT2D eigenvalue weighted by Crippen LogP contribution is -2.45. The number of non-ortho nitro benzene ring substituents is 1. The number of nitro groups is 2. The molecule has 0 saturated heterocycles. The summed E-state index contributed by atoms with van der Waals surface area (Å²) in [6.07, 6.45) is -1.05. The largest absolute Gasteiger partial charge is 0.458 e. The quantitative estimate of drug-likeness (QED) is 0.0992. The fourth-order valence-electron chi connectivity index (χ4n) is 5.10. The van der Waals surface area contributed by atoms with Crippen LogP contribution in [0.25, 0.3) is 11.1 Å². The summed E-state index contributed by atoms with van der Waals surface area (Å²) in [4.78, 5) is 59.1. The van der Waals surface area contributed by atoms with Crippen molar-refractivity contribution in [3.05, 3.63) is 98.1 Å². The molecule has 14 nitrogen and oxygen atoms in total.